The molecule has 2 saturated heterocycles. The molecule has 1 N–H and O–H groups in total. The summed E-state index contributed by atoms with van der Waals surface area (Å²) in [7, 11) is 0. The number of nitrogens with one attached hydrogen (secondary N) is 1. The van der Waals surface area contributed by atoms with Gasteiger partial charge in [-0.1, -0.05) is 0 Å². The van der Waals surface area contributed by atoms with Crippen LogP contribution in [-0.2, 0) is 4.79 Å². The molecule has 2 aliphatic heterocycles. The van der Waals surface area contributed by atoms with Gasteiger partial charge in [-0.25, -0.2) is 0 Å². The lowest BCUT2D eigenvalue weighted by Gasteiger charge is -2.37. The normalized spacial score (nSPS) is 29.9. The lowest BCUT2D eigenvalue weighted by atomic mass is 9.83. The molecule has 2 rings (SSSR count). The zero-order chi connectivity index (χ0) is 13.0. The number of amides is 1. The average molecular weight is 250 g/mol. The van der Waals surface area contributed by atoms with Crippen LogP contribution in [0.1, 0.15) is 19.8 Å². The SMILES string of the molecule is C[C@]1(C#N)CCCN(CC(=O)N2CCNCC2)C1. The predicted octanol–water partition coefficient (Wildman–Crippen LogP) is 0.0439. The van der Waals surface area contributed by atoms with E-state index in [9.17, 15) is 10.1 Å². The van der Waals surface area contributed by atoms with Crippen molar-refractivity contribution in [2.75, 3.05) is 45.8 Å². The highest BCUT2D eigenvalue weighted by molar-refractivity contribution is 5.78. The molecule has 0 aromatic carbocycles. The largest absolute Gasteiger partial charge is 0.339 e. The minimum atomic E-state index is -0.276. The van der Waals surface area contributed by atoms with Gasteiger partial charge in [0.15, 0.2) is 0 Å². The topological polar surface area (TPSA) is 59.4 Å². The molecule has 5 nitrogen and oxygen atoms in total. The van der Waals surface area contributed by atoms with Gasteiger partial charge in [0, 0.05) is 32.7 Å². The van der Waals surface area contributed by atoms with Crippen LogP contribution in [0.25, 0.3) is 0 Å². The van der Waals surface area contributed by atoms with E-state index in [1.807, 2.05) is 11.8 Å². The zero-order valence-electron chi connectivity index (χ0n) is 11.1. The lowest BCUT2D eigenvalue weighted by Crippen LogP contribution is -2.51. The van der Waals surface area contributed by atoms with Gasteiger partial charge in [0.25, 0.3) is 0 Å². The van der Waals surface area contributed by atoms with Gasteiger partial charge in [0.2, 0.25) is 5.91 Å². The zero-order valence-corrected chi connectivity index (χ0v) is 11.1. The number of piperazine rings is 1. The number of likely N-dealkylation sites (tertiary alicyclic amines) is 1. The van der Waals surface area contributed by atoms with Gasteiger partial charge >= 0.3 is 0 Å². The van der Waals surface area contributed by atoms with Gasteiger partial charge in [-0.15, -0.1) is 0 Å². The van der Waals surface area contributed by atoms with E-state index < -0.39 is 0 Å². The second kappa shape index (κ2) is 5.68. The monoisotopic (exact) mass is 250 g/mol. The van der Waals surface area contributed by atoms with Gasteiger partial charge in [-0.3, -0.25) is 9.69 Å². The first kappa shape index (κ1) is 13.3. The van der Waals surface area contributed by atoms with Crippen molar-refractivity contribution < 1.29 is 4.79 Å². The molecule has 0 saturated carbocycles. The van der Waals surface area contributed by atoms with E-state index in [2.05, 4.69) is 16.3 Å². The minimum absolute atomic E-state index is 0.207. The molecular weight excluding hydrogens is 228 g/mol. The summed E-state index contributed by atoms with van der Waals surface area (Å²) in [5.41, 5.74) is -0.276. The molecule has 18 heavy (non-hydrogen) atoms. The van der Waals surface area contributed by atoms with Crippen molar-refractivity contribution >= 4 is 5.91 Å². The van der Waals surface area contributed by atoms with Crippen molar-refractivity contribution in [2.45, 2.75) is 19.8 Å². The van der Waals surface area contributed by atoms with E-state index in [1.54, 1.807) is 0 Å². The quantitative estimate of drug-likeness (QED) is 0.752. The molecule has 0 radical (unpaired) electrons. The molecule has 2 fully saturated rings. The summed E-state index contributed by atoms with van der Waals surface area (Å²) >= 11 is 0. The highest BCUT2D eigenvalue weighted by Crippen LogP contribution is 2.28. The summed E-state index contributed by atoms with van der Waals surface area (Å²) in [6.07, 6.45) is 1.96. The number of piperidine rings is 1. The minimum Gasteiger partial charge on any atom is -0.339 e. The number of rotatable bonds is 2. The molecular formula is C13H22N4O. The number of carbonyl (C=O) groups excluding carboxylic acids is 1. The van der Waals surface area contributed by atoms with Crippen molar-refractivity contribution in [2.24, 2.45) is 5.41 Å². The van der Waals surface area contributed by atoms with E-state index in [0.717, 1.165) is 52.1 Å². The summed E-state index contributed by atoms with van der Waals surface area (Å²) in [4.78, 5) is 16.2. The van der Waals surface area contributed by atoms with Crippen molar-refractivity contribution in [3.05, 3.63) is 0 Å². The Balaban J connectivity index is 1.85. The summed E-state index contributed by atoms with van der Waals surface area (Å²) in [6.45, 7) is 7.52. The first-order chi connectivity index (χ1) is 8.63. The van der Waals surface area contributed by atoms with Crippen LogP contribution in [0.5, 0.6) is 0 Å². The Morgan fingerprint density at radius 3 is 2.78 bits per heavy atom. The van der Waals surface area contributed by atoms with Gasteiger partial charge < -0.3 is 10.2 Å². The fourth-order valence-corrected chi connectivity index (χ4v) is 2.78. The molecule has 1 amide bonds. The first-order valence-electron chi connectivity index (χ1n) is 6.75. The van der Waals surface area contributed by atoms with Crippen LogP contribution in [0, 0.1) is 16.7 Å². The number of hydrogen-bond acceptors (Lipinski definition) is 4. The maximum absolute atomic E-state index is 12.1. The summed E-state index contributed by atoms with van der Waals surface area (Å²) in [6, 6.07) is 2.39. The molecule has 2 aliphatic rings. The van der Waals surface area contributed by atoms with Gasteiger partial charge in [-0.2, -0.15) is 5.26 Å². The van der Waals surface area contributed by atoms with Crippen LogP contribution in [0.2, 0.25) is 0 Å². The van der Waals surface area contributed by atoms with Crippen LogP contribution >= 0.6 is 0 Å². The van der Waals surface area contributed by atoms with E-state index in [4.69, 9.17) is 0 Å². The van der Waals surface area contributed by atoms with Gasteiger partial charge in [-0.05, 0) is 26.3 Å². The summed E-state index contributed by atoms with van der Waals surface area (Å²) in [5, 5.41) is 12.4. The van der Waals surface area contributed by atoms with Crippen LogP contribution in [0.4, 0.5) is 0 Å². The Morgan fingerprint density at radius 2 is 2.11 bits per heavy atom. The Labute approximate surface area is 109 Å². The number of nitrogens with zero attached hydrogens (tertiary/aromatic N) is 3. The third kappa shape index (κ3) is 3.21. The van der Waals surface area contributed by atoms with Crippen molar-refractivity contribution in [1.82, 2.24) is 15.1 Å². The maximum atomic E-state index is 12.1. The molecule has 0 aromatic rings. The molecule has 0 spiro atoms. The molecule has 2 heterocycles. The number of hydrogen-bond donors (Lipinski definition) is 1. The highest BCUT2D eigenvalue weighted by atomic mass is 16.2. The average Bonchev–Trinajstić information content (AvgIpc) is 2.40. The predicted molar refractivity (Wildman–Crippen MR) is 68.8 cm³/mol. The molecule has 0 aliphatic carbocycles. The second-order valence-corrected chi connectivity index (χ2v) is 5.62. The molecule has 1 atom stereocenters. The van der Waals surface area contributed by atoms with E-state index in [0.29, 0.717) is 6.54 Å². The number of carbonyl (C=O) groups is 1. The lowest BCUT2D eigenvalue weighted by molar-refractivity contribution is -0.133. The summed E-state index contributed by atoms with van der Waals surface area (Å²) < 4.78 is 0. The van der Waals surface area contributed by atoms with Crippen LogP contribution in [0.3, 0.4) is 0 Å². The van der Waals surface area contributed by atoms with Crippen LogP contribution < -0.4 is 5.32 Å². The fourth-order valence-electron chi connectivity index (χ4n) is 2.78. The fraction of sp³-hybridized carbons (Fsp3) is 0.846. The van der Waals surface area contributed by atoms with E-state index >= 15 is 0 Å². The van der Waals surface area contributed by atoms with Crippen molar-refractivity contribution in [3.8, 4) is 6.07 Å². The third-order valence-electron chi connectivity index (χ3n) is 3.87. The molecule has 5 heteroatoms. The Morgan fingerprint density at radius 1 is 1.39 bits per heavy atom. The standard InChI is InChI=1S/C13H22N4O/c1-13(10-14)3-2-6-16(11-13)9-12(18)17-7-4-15-5-8-17/h15H,2-9,11H2,1H3/t13-/m1/s1. The molecule has 100 valence electrons. The van der Waals surface area contributed by atoms with Crippen LogP contribution in [0.15, 0.2) is 0 Å². The first-order valence-corrected chi connectivity index (χ1v) is 6.75. The Kier molecular flexibility index (Phi) is 4.20. The maximum Gasteiger partial charge on any atom is 0.236 e. The highest BCUT2D eigenvalue weighted by Gasteiger charge is 2.32. The Hall–Kier alpha value is -1.12. The smallest absolute Gasteiger partial charge is 0.236 e. The second-order valence-electron chi connectivity index (χ2n) is 5.62. The number of nitriles is 1. The van der Waals surface area contributed by atoms with Gasteiger partial charge in [0.1, 0.15) is 0 Å². The molecule has 0 aromatic heterocycles. The van der Waals surface area contributed by atoms with Crippen molar-refractivity contribution in [1.29, 1.82) is 5.26 Å². The third-order valence-corrected chi connectivity index (χ3v) is 3.87. The molecule has 0 bridgehead atoms. The molecule has 0 unspecified atom stereocenters. The van der Waals surface area contributed by atoms with E-state index in [-0.39, 0.29) is 11.3 Å². The van der Waals surface area contributed by atoms with Gasteiger partial charge in [0.05, 0.1) is 18.0 Å². The van der Waals surface area contributed by atoms with Crippen molar-refractivity contribution in [3.63, 3.8) is 0 Å². The summed E-state index contributed by atoms with van der Waals surface area (Å²) in [5.74, 6) is 0.207. The van der Waals surface area contributed by atoms with E-state index in [1.165, 1.54) is 0 Å². The Bertz CT molecular complexity index is 345. The van der Waals surface area contributed by atoms with Crippen LogP contribution in [-0.4, -0.2) is 61.5 Å².